The van der Waals surface area contributed by atoms with E-state index in [0.717, 1.165) is 32.5 Å². The van der Waals surface area contributed by atoms with Gasteiger partial charge in [-0.3, -0.25) is 4.79 Å². The summed E-state index contributed by atoms with van der Waals surface area (Å²) < 4.78 is 5.62. The molecule has 1 saturated heterocycles. The highest BCUT2D eigenvalue weighted by Crippen LogP contribution is 2.17. The fourth-order valence-corrected chi connectivity index (χ4v) is 2.30. The summed E-state index contributed by atoms with van der Waals surface area (Å²) in [5, 5.41) is 3.18. The van der Waals surface area contributed by atoms with Gasteiger partial charge in [0, 0.05) is 19.7 Å². The number of carbonyl (C=O) groups is 1. The highest BCUT2D eigenvalue weighted by molar-refractivity contribution is 5.80. The van der Waals surface area contributed by atoms with Crippen LogP contribution in [0, 0.1) is 11.8 Å². The first-order chi connectivity index (χ1) is 8.54. The Bertz CT molecular complexity index is 256. The summed E-state index contributed by atoms with van der Waals surface area (Å²) in [6.07, 6.45) is 1.82. The van der Waals surface area contributed by atoms with Gasteiger partial charge >= 0.3 is 0 Å². The van der Waals surface area contributed by atoms with E-state index < -0.39 is 0 Å². The van der Waals surface area contributed by atoms with E-state index in [4.69, 9.17) is 4.74 Å². The minimum Gasteiger partial charge on any atom is -0.369 e. The van der Waals surface area contributed by atoms with Gasteiger partial charge in [0.2, 0.25) is 0 Å². The Labute approximate surface area is 111 Å². The minimum absolute atomic E-state index is 0.150. The van der Waals surface area contributed by atoms with Crippen LogP contribution >= 0.6 is 0 Å². The average molecular weight is 256 g/mol. The van der Waals surface area contributed by atoms with Gasteiger partial charge in [0.1, 0.15) is 6.10 Å². The van der Waals surface area contributed by atoms with Crippen LogP contribution < -0.4 is 5.32 Å². The monoisotopic (exact) mass is 256 g/mol. The van der Waals surface area contributed by atoms with Crippen molar-refractivity contribution in [2.24, 2.45) is 11.8 Å². The molecular weight excluding hydrogens is 228 g/mol. The van der Waals surface area contributed by atoms with Crippen molar-refractivity contribution in [2.75, 3.05) is 33.3 Å². The highest BCUT2D eigenvalue weighted by atomic mass is 16.5. The lowest BCUT2D eigenvalue weighted by molar-refractivity contribution is -0.141. The zero-order valence-corrected chi connectivity index (χ0v) is 12.2. The molecule has 0 aromatic rings. The molecule has 1 heterocycles. The zero-order valence-electron chi connectivity index (χ0n) is 12.2. The zero-order chi connectivity index (χ0) is 13.5. The van der Waals surface area contributed by atoms with Crippen LogP contribution in [0.25, 0.3) is 0 Å². The molecule has 1 aliphatic heterocycles. The Morgan fingerprint density at radius 1 is 1.44 bits per heavy atom. The van der Waals surface area contributed by atoms with Gasteiger partial charge in [-0.2, -0.15) is 0 Å². The van der Waals surface area contributed by atoms with Crippen molar-refractivity contribution in [3.8, 4) is 0 Å². The van der Waals surface area contributed by atoms with Gasteiger partial charge in [-0.1, -0.05) is 13.8 Å². The molecule has 4 heteroatoms. The molecule has 1 amide bonds. The van der Waals surface area contributed by atoms with Gasteiger partial charge in [-0.05, 0) is 45.2 Å². The van der Waals surface area contributed by atoms with Crippen LogP contribution in [-0.2, 0) is 9.53 Å². The number of nitrogens with one attached hydrogen (secondary N) is 1. The summed E-state index contributed by atoms with van der Waals surface area (Å²) in [4.78, 5) is 14.1. The lowest BCUT2D eigenvalue weighted by atomic mass is 10.1. The molecule has 0 aromatic carbocycles. The predicted octanol–water partition coefficient (Wildman–Crippen LogP) is 1.51. The Kier molecular flexibility index (Phi) is 6.65. The molecule has 0 radical (unpaired) electrons. The third-order valence-electron chi connectivity index (χ3n) is 3.50. The molecule has 4 nitrogen and oxygen atoms in total. The van der Waals surface area contributed by atoms with E-state index in [1.54, 1.807) is 0 Å². The predicted molar refractivity (Wildman–Crippen MR) is 73.5 cm³/mol. The molecule has 1 fully saturated rings. The summed E-state index contributed by atoms with van der Waals surface area (Å²) in [6, 6.07) is 0. The number of carbonyl (C=O) groups excluding carboxylic acids is 1. The van der Waals surface area contributed by atoms with Gasteiger partial charge in [0.05, 0.1) is 0 Å². The molecule has 0 saturated carbocycles. The largest absolute Gasteiger partial charge is 0.369 e. The Morgan fingerprint density at radius 2 is 2.17 bits per heavy atom. The second-order valence-electron chi connectivity index (χ2n) is 5.69. The molecule has 106 valence electrons. The molecule has 1 N–H and O–H groups in total. The first-order valence-corrected chi connectivity index (χ1v) is 7.09. The summed E-state index contributed by atoms with van der Waals surface area (Å²) in [6.45, 7) is 9.62. The van der Waals surface area contributed by atoms with E-state index in [1.165, 1.54) is 0 Å². The van der Waals surface area contributed by atoms with E-state index in [9.17, 15) is 4.79 Å². The maximum absolute atomic E-state index is 12.2. The number of likely N-dealkylation sites (tertiary alicyclic amines) is 1. The van der Waals surface area contributed by atoms with Crippen molar-refractivity contribution in [1.29, 1.82) is 0 Å². The van der Waals surface area contributed by atoms with Crippen molar-refractivity contribution >= 4 is 5.91 Å². The quantitative estimate of drug-likeness (QED) is 0.750. The second kappa shape index (κ2) is 7.74. The smallest absolute Gasteiger partial charge is 0.251 e. The fourth-order valence-electron chi connectivity index (χ4n) is 2.30. The van der Waals surface area contributed by atoms with Crippen LogP contribution in [0.2, 0.25) is 0 Å². The summed E-state index contributed by atoms with van der Waals surface area (Å²) in [5.74, 6) is 1.37. The van der Waals surface area contributed by atoms with E-state index in [0.29, 0.717) is 18.4 Å². The van der Waals surface area contributed by atoms with Gasteiger partial charge in [0.15, 0.2) is 0 Å². The second-order valence-corrected chi connectivity index (χ2v) is 5.69. The summed E-state index contributed by atoms with van der Waals surface area (Å²) in [5.41, 5.74) is 0. The minimum atomic E-state index is -0.294. The van der Waals surface area contributed by atoms with Gasteiger partial charge in [0.25, 0.3) is 5.91 Å². The van der Waals surface area contributed by atoms with Crippen LogP contribution in [0.15, 0.2) is 0 Å². The highest BCUT2D eigenvalue weighted by Gasteiger charge is 2.28. The molecular formula is C14H28N2O2. The molecule has 2 atom stereocenters. The molecule has 1 rings (SSSR count). The topological polar surface area (TPSA) is 41.6 Å². The summed E-state index contributed by atoms with van der Waals surface area (Å²) in [7, 11) is 1.96. The number of hydrogen-bond donors (Lipinski definition) is 1. The van der Waals surface area contributed by atoms with E-state index in [-0.39, 0.29) is 12.0 Å². The Morgan fingerprint density at radius 3 is 2.78 bits per heavy atom. The maximum atomic E-state index is 12.2. The van der Waals surface area contributed by atoms with Gasteiger partial charge in [-0.25, -0.2) is 0 Å². The van der Waals surface area contributed by atoms with Crippen molar-refractivity contribution in [1.82, 2.24) is 10.2 Å². The number of hydrogen-bond acceptors (Lipinski definition) is 3. The fraction of sp³-hybridized carbons (Fsp3) is 0.929. The third-order valence-corrected chi connectivity index (χ3v) is 3.50. The van der Waals surface area contributed by atoms with Crippen molar-refractivity contribution < 1.29 is 9.53 Å². The first kappa shape index (κ1) is 15.4. The van der Waals surface area contributed by atoms with E-state index in [1.807, 2.05) is 18.9 Å². The van der Waals surface area contributed by atoms with Crippen molar-refractivity contribution in [2.45, 2.75) is 39.7 Å². The lowest BCUT2D eigenvalue weighted by Gasteiger charge is -2.21. The number of nitrogens with zero attached hydrogens (tertiary/aromatic N) is 1. The van der Waals surface area contributed by atoms with Gasteiger partial charge < -0.3 is 15.0 Å². The first-order valence-electron chi connectivity index (χ1n) is 7.09. The molecule has 2 unspecified atom stereocenters. The number of ether oxygens (including phenoxy) is 1. The van der Waals surface area contributed by atoms with Crippen LogP contribution in [0.3, 0.4) is 0 Å². The number of amides is 1. The molecule has 0 spiro atoms. The molecule has 0 bridgehead atoms. The Balaban J connectivity index is 2.27. The third kappa shape index (κ3) is 4.94. The van der Waals surface area contributed by atoms with E-state index >= 15 is 0 Å². The van der Waals surface area contributed by atoms with Crippen molar-refractivity contribution in [3.63, 3.8) is 0 Å². The molecule has 0 aromatic heterocycles. The Hall–Kier alpha value is -0.610. The van der Waals surface area contributed by atoms with E-state index in [2.05, 4.69) is 19.2 Å². The molecule has 1 aliphatic rings. The SMILES string of the molecule is CNCC1CCN(C(=O)C(C)OCCC(C)C)C1. The lowest BCUT2D eigenvalue weighted by Crippen LogP contribution is -2.38. The summed E-state index contributed by atoms with van der Waals surface area (Å²) >= 11 is 0. The van der Waals surface area contributed by atoms with Crippen LogP contribution in [0.5, 0.6) is 0 Å². The average Bonchev–Trinajstić information content (AvgIpc) is 2.76. The molecule has 0 aliphatic carbocycles. The van der Waals surface area contributed by atoms with Gasteiger partial charge in [-0.15, -0.1) is 0 Å². The normalized spacial score (nSPS) is 21.6. The van der Waals surface area contributed by atoms with Crippen LogP contribution in [0.4, 0.5) is 0 Å². The molecule has 18 heavy (non-hydrogen) atoms. The van der Waals surface area contributed by atoms with Crippen LogP contribution in [-0.4, -0.2) is 50.2 Å². The standard InChI is InChI=1S/C14H28N2O2/c1-11(2)6-8-18-12(3)14(17)16-7-5-13(10-16)9-15-4/h11-13,15H,5-10H2,1-4H3. The van der Waals surface area contributed by atoms with Crippen LogP contribution in [0.1, 0.15) is 33.6 Å². The number of rotatable bonds is 7. The maximum Gasteiger partial charge on any atom is 0.251 e. The van der Waals surface area contributed by atoms with Crippen molar-refractivity contribution in [3.05, 3.63) is 0 Å².